The third-order valence-corrected chi connectivity index (χ3v) is 3.46. The third-order valence-electron chi connectivity index (χ3n) is 3.46. The first-order valence-corrected chi connectivity index (χ1v) is 6.86. The molecule has 0 bridgehead atoms. The predicted octanol–water partition coefficient (Wildman–Crippen LogP) is 3.15. The van der Waals surface area contributed by atoms with Crippen molar-refractivity contribution in [1.82, 2.24) is 5.32 Å². The summed E-state index contributed by atoms with van der Waals surface area (Å²) in [4.78, 5) is 11.1. The summed E-state index contributed by atoms with van der Waals surface area (Å²) in [5.41, 5.74) is 0. The van der Waals surface area contributed by atoms with E-state index < -0.39 is 5.97 Å². The summed E-state index contributed by atoms with van der Waals surface area (Å²) in [6, 6.07) is -0.380. The molecule has 0 spiro atoms. The maximum Gasteiger partial charge on any atom is 0.320 e. The lowest BCUT2D eigenvalue weighted by Gasteiger charge is -2.27. The maximum atomic E-state index is 11.1. The summed E-state index contributed by atoms with van der Waals surface area (Å²) in [6.45, 7) is 11.7. The minimum Gasteiger partial charge on any atom is -0.480 e. The lowest BCUT2D eigenvalue weighted by atomic mass is 9.85. The molecule has 1 atom stereocenters. The molecule has 2 N–H and O–H groups in total. The van der Waals surface area contributed by atoms with Crippen molar-refractivity contribution in [3.8, 4) is 0 Å². The molecule has 3 nitrogen and oxygen atoms in total. The van der Waals surface area contributed by atoms with Crippen molar-refractivity contribution in [3.05, 3.63) is 0 Å². The van der Waals surface area contributed by atoms with E-state index in [1.165, 1.54) is 0 Å². The minimum absolute atomic E-state index is 0.380. The van der Waals surface area contributed by atoms with Crippen LogP contribution in [0.25, 0.3) is 0 Å². The van der Waals surface area contributed by atoms with E-state index in [2.05, 4.69) is 39.9 Å². The van der Waals surface area contributed by atoms with Gasteiger partial charge < -0.3 is 10.4 Å². The summed E-state index contributed by atoms with van der Waals surface area (Å²) < 4.78 is 0. The van der Waals surface area contributed by atoms with Gasteiger partial charge in [0.15, 0.2) is 0 Å². The quantitative estimate of drug-likeness (QED) is 0.654. The lowest BCUT2D eigenvalue weighted by Crippen LogP contribution is -2.41. The predicted molar refractivity (Wildman–Crippen MR) is 72.1 cm³/mol. The average molecular weight is 243 g/mol. The number of carboxylic acids is 1. The standard InChI is InChI=1S/C14H29NO2/c1-6-7-8-13(14(16)17)15-9-12(10(2)3)11(4)5/h10-13,15H,6-9H2,1-5H3,(H,16,17)/t13-/m0/s1. The molecule has 0 aromatic heterocycles. The van der Waals surface area contributed by atoms with Crippen molar-refractivity contribution >= 4 is 5.97 Å². The van der Waals surface area contributed by atoms with Crippen LogP contribution in [0.5, 0.6) is 0 Å². The highest BCUT2D eigenvalue weighted by molar-refractivity contribution is 5.73. The van der Waals surface area contributed by atoms with E-state index in [1.807, 2.05) is 0 Å². The van der Waals surface area contributed by atoms with Gasteiger partial charge in [0, 0.05) is 0 Å². The van der Waals surface area contributed by atoms with Crippen molar-refractivity contribution in [1.29, 1.82) is 0 Å². The highest BCUT2D eigenvalue weighted by Gasteiger charge is 2.21. The molecule has 0 aliphatic heterocycles. The van der Waals surface area contributed by atoms with Crippen molar-refractivity contribution in [2.24, 2.45) is 17.8 Å². The molecule has 0 amide bonds. The molecule has 0 aliphatic carbocycles. The number of carbonyl (C=O) groups is 1. The molecule has 0 fully saturated rings. The molecular formula is C14H29NO2. The van der Waals surface area contributed by atoms with Crippen LogP contribution in [0.4, 0.5) is 0 Å². The smallest absolute Gasteiger partial charge is 0.320 e. The Bertz CT molecular complexity index is 206. The van der Waals surface area contributed by atoms with Gasteiger partial charge >= 0.3 is 5.97 Å². The van der Waals surface area contributed by atoms with Crippen LogP contribution in [0.1, 0.15) is 53.9 Å². The van der Waals surface area contributed by atoms with Gasteiger partial charge in [-0.1, -0.05) is 47.5 Å². The van der Waals surface area contributed by atoms with Crippen LogP contribution in [-0.2, 0) is 4.79 Å². The molecule has 0 aromatic rings. The Labute approximate surface area is 106 Å². The van der Waals surface area contributed by atoms with Gasteiger partial charge in [-0.2, -0.15) is 0 Å². The van der Waals surface area contributed by atoms with Gasteiger partial charge in [-0.3, -0.25) is 4.79 Å². The van der Waals surface area contributed by atoms with Gasteiger partial charge in [0.05, 0.1) is 0 Å². The highest BCUT2D eigenvalue weighted by atomic mass is 16.4. The van der Waals surface area contributed by atoms with Gasteiger partial charge in [-0.25, -0.2) is 0 Å². The SMILES string of the molecule is CCCC[C@H](NCC(C(C)C)C(C)C)C(=O)O. The molecule has 3 heteroatoms. The molecule has 0 rings (SSSR count). The second-order valence-electron chi connectivity index (χ2n) is 5.59. The lowest BCUT2D eigenvalue weighted by molar-refractivity contribution is -0.139. The Kier molecular flexibility index (Phi) is 8.23. The van der Waals surface area contributed by atoms with E-state index in [9.17, 15) is 4.79 Å². The first-order valence-electron chi connectivity index (χ1n) is 6.86. The second-order valence-corrected chi connectivity index (χ2v) is 5.59. The summed E-state index contributed by atoms with van der Waals surface area (Å²) in [6.07, 6.45) is 2.75. The molecular weight excluding hydrogens is 214 g/mol. The van der Waals surface area contributed by atoms with Gasteiger partial charge in [0.2, 0.25) is 0 Å². The van der Waals surface area contributed by atoms with Crippen LogP contribution in [0, 0.1) is 17.8 Å². The second kappa shape index (κ2) is 8.51. The summed E-state index contributed by atoms with van der Waals surface area (Å²) in [7, 11) is 0. The number of hydrogen-bond donors (Lipinski definition) is 2. The van der Waals surface area contributed by atoms with Gasteiger partial charge in [-0.05, 0) is 30.7 Å². The highest BCUT2D eigenvalue weighted by Crippen LogP contribution is 2.19. The van der Waals surface area contributed by atoms with E-state index in [0.29, 0.717) is 17.8 Å². The van der Waals surface area contributed by atoms with Gasteiger partial charge in [-0.15, -0.1) is 0 Å². The zero-order valence-corrected chi connectivity index (χ0v) is 12.0. The van der Waals surface area contributed by atoms with E-state index >= 15 is 0 Å². The van der Waals surface area contributed by atoms with E-state index in [-0.39, 0.29) is 6.04 Å². The zero-order valence-electron chi connectivity index (χ0n) is 12.0. The number of carboxylic acid groups (broad SMARTS) is 1. The van der Waals surface area contributed by atoms with Crippen LogP contribution in [0.2, 0.25) is 0 Å². The maximum absolute atomic E-state index is 11.1. The van der Waals surface area contributed by atoms with Crippen molar-refractivity contribution < 1.29 is 9.90 Å². The molecule has 0 heterocycles. The van der Waals surface area contributed by atoms with E-state index in [1.54, 1.807) is 0 Å². The Hall–Kier alpha value is -0.570. The van der Waals surface area contributed by atoms with Crippen LogP contribution in [0.15, 0.2) is 0 Å². The Morgan fingerprint density at radius 1 is 1.18 bits per heavy atom. The summed E-state index contributed by atoms with van der Waals surface area (Å²) in [5.74, 6) is 0.995. The Morgan fingerprint density at radius 3 is 2.06 bits per heavy atom. The Morgan fingerprint density at radius 2 is 1.71 bits per heavy atom. The monoisotopic (exact) mass is 243 g/mol. The fourth-order valence-electron chi connectivity index (χ4n) is 2.24. The molecule has 0 aromatic carbocycles. The van der Waals surface area contributed by atoms with Crippen LogP contribution >= 0.6 is 0 Å². The minimum atomic E-state index is -0.718. The van der Waals surface area contributed by atoms with E-state index in [4.69, 9.17) is 5.11 Å². The van der Waals surface area contributed by atoms with Crippen molar-refractivity contribution in [3.63, 3.8) is 0 Å². The Balaban J connectivity index is 4.21. The molecule has 0 aliphatic rings. The summed E-state index contributed by atoms with van der Waals surface area (Å²) in [5, 5.41) is 12.3. The topological polar surface area (TPSA) is 49.3 Å². The summed E-state index contributed by atoms with van der Waals surface area (Å²) >= 11 is 0. The van der Waals surface area contributed by atoms with Crippen LogP contribution in [-0.4, -0.2) is 23.7 Å². The average Bonchev–Trinajstić information content (AvgIpc) is 2.21. The van der Waals surface area contributed by atoms with Crippen LogP contribution < -0.4 is 5.32 Å². The number of rotatable bonds is 9. The molecule has 102 valence electrons. The fourth-order valence-corrected chi connectivity index (χ4v) is 2.24. The van der Waals surface area contributed by atoms with Crippen molar-refractivity contribution in [2.75, 3.05) is 6.54 Å². The molecule has 0 unspecified atom stereocenters. The zero-order chi connectivity index (χ0) is 13.4. The molecule has 0 radical (unpaired) electrons. The molecule has 17 heavy (non-hydrogen) atoms. The normalized spacial score (nSPS) is 13.6. The first-order chi connectivity index (χ1) is 7.90. The number of unbranched alkanes of at least 4 members (excludes halogenated alkanes) is 1. The number of hydrogen-bond acceptors (Lipinski definition) is 2. The van der Waals surface area contributed by atoms with Gasteiger partial charge in [0.1, 0.15) is 6.04 Å². The fraction of sp³-hybridized carbons (Fsp3) is 0.929. The first kappa shape index (κ1) is 16.4. The van der Waals surface area contributed by atoms with Crippen LogP contribution in [0.3, 0.4) is 0 Å². The van der Waals surface area contributed by atoms with Crippen molar-refractivity contribution in [2.45, 2.75) is 59.9 Å². The van der Waals surface area contributed by atoms with E-state index in [0.717, 1.165) is 25.8 Å². The molecule has 0 saturated carbocycles. The van der Waals surface area contributed by atoms with Gasteiger partial charge in [0.25, 0.3) is 0 Å². The largest absolute Gasteiger partial charge is 0.480 e. The third kappa shape index (κ3) is 6.67. The number of aliphatic carboxylic acids is 1. The number of nitrogens with one attached hydrogen (secondary N) is 1. The molecule has 0 saturated heterocycles.